The molecule has 4 atom stereocenters. The van der Waals surface area contributed by atoms with Crippen LogP contribution in [0.25, 0.3) is 10.8 Å². The molecule has 10 heteroatoms. The number of nitrogens with one attached hydrogen (secondary N) is 2. The number of carboxylic acids is 1. The first-order valence-electron chi connectivity index (χ1n) is 15.7. The van der Waals surface area contributed by atoms with Gasteiger partial charge in [-0.05, 0) is 62.8 Å². The van der Waals surface area contributed by atoms with E-state index in [0.717, 1.165) is 35.6 Å². The fraction of sp³-hybridized carbons (Fsp3) is 0.529. The van der Waals surface area contributed by atoms with Gasteiger partial charge in [0.05, 0.1) is 0 Å². The first-order valence-corrected chi connectivity index (χ1v) is 15.7. The number of ether oxygens (including phenoxy) is 1. The summed E-state index contributed by atoms with van der Waals surface area (Å²) in [5.41, 5.74) is -1.01. The van der Waals surface area contributed by atoms with Crippen molar-refractivity contribution in [1.29, 1.82) is 0 Å². The van der Waals surface area contributed by atoms with Gasteiger partial charge in [0.2, 0.25) is 11.8 Å². The van der Waals surface area contributed by atoms with E-state index < -0.39 is 41.2 Å². The zero-order chi connectivity index (χ0) is 31.5. The number of carboxylic acid groups (broad SMARTS) is 1. The van der Waals surface area contributed by atoms with Crippen LogP contribution in [0.5, 0.6) is 0 Å². The second kappa shape index (κ2) is 13.0. The quantitative estimate of drug-likeness (QED) is 0.446. The molecule has 0 aromatic heterocycles. The molecule has 0 bridgehead atoms. The van der Waals surface area contributed by atoms with Gasteiger partial charge in [0.15, 0.2) is 0 Å². The van der Waals surface area contributed by atoms with E-state index in [9.17, 15) is 24.3 Å². The maximum atomic E-state index is 14.1. The number of alkyl carbamates (subject to hydrolysis) is 1. The number of amides is 3. The Hall–Kier alpha value is -3.92. The number of hydrogen-bond acceptors (Lipinski definition) is 6. The van der Waals surface area contributed by atoms with Gasteiger partial charge >= 0.3 is 12.1 Å². The molecule has 3 aliphatic rings. The summed E-state index contributed by atoms with van der Waals surface area (Å²) in [5.74, 6) is -2.22. The Morgan fingerprint density at radius 2 is 1.84 bits per heavy atom. The van der Waals surface area contributed by atoms with Crippen LogP contribution in [-0.4, -0.2) is 81.6 Å². The summed E-state index contributed by atoms with van der Waals surface area (Å²) in [5, 5.41) is 18.0. The van der Waals surface area contributed by atoms with Gasteiger partial charge in [-0.1, -0.05) is 67.5 Å². The molecule has 0 spiro atoms. The fourth-order valence-electron chi connectivity index (χ4n) is 6.36. The highest BCUT2D eigenvalue weighted by Crippen LogP contribution is 2.45. The van der Waals surface area contributed by atoms with Crippen molar-refractivity contribution in [3.05, 3.63) is 60.2 Å². The monoisotopic (exact) mass is 604 g/mol. The Kier molecular flexibility index (Phi) is 9.29. The topological polar surface area (TPSA) is 128 Å². The second-order valence-corrected chi connectivity index (χ2v) is 13.3. The highest BCUT2D eigenvalue weighted by molar-refractivity contribution is 5.96. The molecule has 2 aliphatic heterocycles. The van der Waals surface area contributed by atoms with Crippen LogP contribution in [-0.2, 0) is 25.7 Å². The largest absolute Gasteiger partial charge is 0.479 e. The molecule has 1 saturated heterocycles. The zero-order valence-corrected chi connectivity index (χ0v) is 25.9. The van der Waals surface area contributed by atoms with Crippen molar-refractivity contribution in [2.45, 2.75) is 89.1 Å². The number of aliphatic carboxylic acids is 1. The predicted octanol–water partition coefficient (Wildman–Crippen LogP) is 4.23. The predicted molar refractivity (Wildman–Crippen MR) is 167 cm³/mol. The molecule has 2 aromatic rings. The van der Waals surface area contributed by atoms with Crippen molar-refractivity contribution in [3.8, 4) is 0 Å². The van der Waals surface area contributed by atoms with Gasteiger partial charge in [0.1, 0.15) is 23.2 Å². The van der Waals surface area contributed by atoms with E-state index >= 15 is 0 Å². The van der Waals surface area contributed by atoms with Crippen molar-refractivity contribution < 1.29 is 29.0 Å². The molecular formula is C34H44N4O6. The van der Waals surface area contributed by atoms with E-state index in [2.05, 4.69) is 39.8 Å². The minimum absolute atomic E-state index is 0.232. The SMILES string of the molecule is CC(C)(C)OC(=O)N[C@H]1CCCCC/C=C/C2C[C@]2(C(=O)O)NC(=O)[C@@H]2CN(Cc3cccc4ccccc34)CCN2C1=O. The molecule has 44 heavy (non-hydrogen) atoms. The normalized spacial score (nSPS) is 27.6. The molecular weight excluding hydrogens is 560 g/mol. The highest BCUT2D eigenvalue weighted by Gasteiger charge is 2.61. The smallest absolute Gasteiger partial charge is 0.408 e. The van der Waals surface area contributed by atoms with E-state index in [-0.39, 0.29) is 24.9 Å². The number of rotatable bonds is 4. The van der Waals surface area contributed by atoms with Crippen molar-refractivity contribution >= 4 is 34.6 Å². The number of nitrogens with zero attached hydrogens (tertiary/aromatic N) is 2. The summed E-state index contributed by atoms with van der Waals surface area (Å²) >= 11 is 0. The van der Waals surface area contributed by atoms with Crippen molar-refractivity contribution in [2.75, 3.05) is 19.6 Å². The number of allylic oxidation sites excluding steroid dienone is 1. The molecule has 0 radical (unpaired) electrons. The van der Waals surface area contributed by atoms with Gasteiger partial charge in [-0.3, -0.25) is 14.5 Å². The third-order valence-corrected chi connectivity index (χ3v) is 8.79. The van der Waals surface area contributed by atoms with E-state index in [4.69, 9.17) is 4.74 Å². The van der Waals surface area contributed by atoms with Gasteiger partial charge in [-0.15, -0.1) is 0 Å². The van der Waals surface area contributed by atoms with Gasteiger partial charge in [-0.25, -0.2) is 9.59 Å². The lowest BCUT2D eigenvalue weighted by atomic mass is 10.0. The van der Waals surface area contributed by atoms with Crippen molar-refractivity contribution in [1.82, 2.24) is 20.4 Å². The van der Waals surface area contributed by atoms with Crippen LogP contribution in [0.1, 0.15) is 64.9 Å². The molecule has 3 N–H and O–H groups in total. The lowest BCUT2D eigenvalue weighted by Crippen LogP contribution is -2.65. The van der Waals surface area contributed by atoms with Crippen LogP contribution < -0.4 is 10.6 Å². The number of piperazine rings is 1. The van der Waals surface area contributed by atoms with Gasteiger partial charge in [0.25, 0.3) is 0 Å². The number of hydrogen-bond donors (Lipinski definition) is 3. The lowest BCUT2D eigenvalue weighted by Gasteiger charge is -2.42. The number of benzene rings is 2. The van der Waals surface area contributed by atoms with E-state index in [1.165, 1.54) is 4.90 Å². The number of carbonyl (C=O) groups is 4. The summed E-state index contributed by atoms with van der Waals surface area (Å²) in [6.45, 7) is 6.87. The Balaban J connectivity index is 1.43. The standard InChI is InChI=1S/C34H44N4O6/c1-33(2,3)44-32(43)35-27-17-8-6-4-5-7-15-25-20-34(25,31(41)42)36-29(39)28-22-37(18-19-38(28)30(27)40)21-24-14-11-13-23-12-9-10-16-26(23)24/h7,9-16,25,27-28H,4-6,8,17-22H2,1-3H3,(H,35,43)(H,36,39)(H,41,42)/b15-7+/t25?,27-,28-,34-/m0/s1. The molecule has 10 nitrogen and oxygen atoms in total. The minimum Gasteiger partial charge on any atom is -0.479 e. The van der Waals surface area contributed by atoms with E-state index in [1.54, 1.807) is 20.8 Å². The molecule has 1 saturated carbocycles. The molecule has 2 aromatic carbocycles. The Morgan fingerprint density at radius 3 is 2.61 bits per heavy atom. The molecule has 1 aliphatic carbocycles. The molecule has 2 heterocycles. The van der Waals surface area contributed by atoms with Crippen molar-refractivity contribution in [3.63, 3.8) is 0 Å². The summed E-state index contributed by atoms with van der Waals surface area (Å²) < 4.78 is 5.47. The zero-order valence-electron chi connectivity index (χ0n) is 25.9. The van der Waals surface area contributed by atoms with Crippen LogP contribution in [0.2, 0.25) is 0 Å². The lowest BCUT2D eigenvalue weighted by molar-refractivity contribution is -0.149. The molecule has 1 unspecified atom stereocenters. The average Bonchev–Trinajstić information content (AvgIpc) is 3.68. The first kappa shape index (κ1) is 31.5. The van der Waals surface area contributed by atoms with Gasteiger partial charge in [-0.2, -0.15) is 0 Å². The third-order valence-electron chi connectivity index (χ3n) is 8.79. The Bertz CT molecular complexity index is 1430. The minimum atomic E-state index is -1.38. The summed E-state index contributed by atoms with van der Waals surface area (Å²) in [7, 11) is 0. The highest BCUT2D eigenvalue weighted by atomic mass is 16.6. The fourth-order valence-corrected chi connectivity index (χ4v) is 6.36. The summed E-state index contributed by atoms with van der Waals surface area (Å²) in [4.78, 5) is 57.0. The first-order chi connectivity index (χ1) is 21.0. The summed E-state index contributed by atoms with van der Waals surface area (Å²) in [6, 6.07) is 12.5. The average molecular weight is 605 g/mol. The maximum absolute atomic E-state index is 14.1. The Labute approximate surface area is 258 Å². The van der Waals surface area contributed by atoms with E-state index in [1.807, 2.05) is 30.4 Å². The third kappa shape index (κ3) is 7.23. The van der Waals surface area contributed by atoms with Crippen LogP contribution in [0.15, 0.2) is 54.6 Å². The number of carbonyl (C=O) groups excluding carboxylic acids is 3. The van der Waals surface area contributed by atoms with Crippen LogP contribution in [0, 0.1) is 5.92 Å². The number of fused-ring (bicyclic) bond motifs is 3. The van der Waals surface area contributed by atoms with E-state index in [0.29, 0.717) is 32.4 Å². The Morgan fingerprint density at radius 1 is 1.07 bits per heavy atom. The molecule has 2 fully saturated rings. The molecule has 3 amide bonds. The van der Waals surface area contributed by atoms with Gasteiger partial charge < -0.3 is 25.4 Å². The van der Waals surface area contributed by atoms with Crippen LogP contribution in [0.4, 0.5) is 4.79 Å². The maximum Gasteiger partial charge on any atom is 0.408 e. The van der Waals surface area contributed by atoms with Crippen molar-refractivity contribution in [2.24, 2.45) is 5.92 Å². The van der Waals surface area contributed by atoms with Crippen LogP contribution >= 0.6 is 0 Å². The molecule has 236 valence electrons. The summed E-state index contributed by atoms with van der Waals surface area (Å²) in [6.07, 6.45) is 7.13. The second-order valence-electron chi connectivity index (χ2n) is 13.3. The van der Waals surface area contributed by atoms with Crippen LogP contribution in [0.3, 0.4) is 0 Å². The van der Waals surface area contributed by atoms with Gasteiger partial charge in [0, 0.05) is 32.1 Å². The molecule has 5 rings (SSSR count).